The lowest BCUT2D eigenvalue weighted by atomic mass is 10.2. The minimum atomic E-state index is -0.447. The van der Waals surface area contributed by atoms with Crippen molar-refractivity contribution in [2.75, 3.05) is 24.5 Å². The highest BCUT2D eigenvalue weighted by Gasteiger charge is 2.55. The summed E-state index contributed by atoms with van der Waals surface area (Å²) in [6.45, 7) is 2.12. The zero-order valence-corrected chi connectivity index (χ0v) is 15.5. The van der Waals surface area contributed by atoms with Crippen molar-refractivity contribution in [3.63, 3.8) is 0 Å². The van der Waals surface area contributed by atoms with Gasteiger partial charge in [0, 0.05) is 31.2 Å². The van der Waals surface area contributed by atoms with Crippen molar-refractivity contribution in [2.45, 2.75) is 6.42 Å². The third-order valence-corrected chi connectivity index (χ3v) is 5.87. The van der Waals surface area contributed by atoms with Gasteiger partial charge in [-0.2, -0.15) is 10.1 Å². The average Bonchev–Trinajstić information content (AvgIpc) is 3.08. The molecule has 0 spiro atoms. The molecule has 4 heterocycles. The maximum Gasteiger partial charge on any atom is 0.252 e. The molecular formula is C18H17ClFN7O. The molecule has 0 radical (unpaired) electrons. The van der Waals surface area contributed by atoms with Gasteiger partial charge in [-0.15, -0.1) is 0 Å². The predicted octanol–water partition coefficient (Wildman–Crippen LogP) is 2.04. The number of aromatic nitrogens is 5. The normalized spacial score (nSPS) is 23.1. The summed E-state index contributed by atoms with van der Waals surface area (Å²) in [4.78, 5) is 26.1. The van der Waals surface area contributed by atoms with Crippen molar-refractivity contribution in [1.82, 2.24) is 30.5 Å². The summed E-state index contributed by atoms with van der Waals surface area (Å²) in [6.07, 6.45) is 5.20. The van der Waals surface area contributed by atoms with Gasteiger partial charge in [0.25, 0.3) is 5.91 Å². The number of amides is 1. The van der Waals surface area contributed by atoms with Gasteiger partial charge in [0.2, 0.25) is 5.28 Å². The first-order valence-electron chi connectivity index (χ1n) is 9.10. The van der Waals surface area contributed by atoms with E-state index in [1.807, 2.05) is 4.90 Å². The molecule has 5 rings (SSSR count). The Labute approximate surface area is 164 Å². The first kappa shape index (κ1) is 17.3. The number of carbonyl (C=O) groups excluding carboxylic acids is 1. The summed E-state index contributed by atoms with van der Waals surface area (Å²) in [5, 5.41) is 10.5. The Morgan fingerprint density at radius 1 is 1.29 bits per heavy atom. The number of halogens is 2. The number of fused-ring (bicyclic) bond motifs is 2. The van der Waals surface area contributed by atoms with Crippen molar-refractivity contribution < 1.29 is 9.18 Å². The molecule has 0 bridgehead atoms. The largest absolute Gasteiger partial charge is 0.353 e. The summed E-state index contributed by atoms with van der Waals surface area (Å²) in [7, 11) is 0. The first-order valence-corrected chi connectivity index (χ1v) is 9.48. The van der Waals surface area contributed by atoms with Gasteiger partial charge in [-0.3, -0.25) is 9.89 Å². The van der Waals surface area contributed by atoms with Crippen LogP contribution in [0.5, 0.6) is 0 Å². The Morgan fingerprint density at radius 2 is 2.11 bits per heavy atom. The van der Waals surface area contributed by atoms with E-state index in [0.717, 1.165) is 31.1 Å². The Balaban J connectivity index is 1.12. The van der Waals surface area contributed by atoms with Crippen LogP contribution in [0.1, 0.15) is 16.8 Å². The number of hydrogen-bond acceptors (Lipinski definition) is 6. The molecule has 2 unspecified atom stereocenters. The molecule has 28 heavy (non-hydrogen) atoms. The molecule has 3 aromatic rings. The quantitative estimate of drug-likeness (QED) is 0.635. The average molecular weight is 402 g/mol. The first-order chi connectivity index (χ1) is 13.6. The van der Waals surface area contributed by atoms with Gasteiger partial charge in [-0.25, -0.2) is 14.4 Å². The van der Waals surface area contributed by atoms with Crippen LogP contribution in [0.15, 0.2) is 24.7 Å². The summed E-state index contributed by atoms with van der Waals surface area (Å²) in [5.74, 6) is 1.26. The number of pyridine rings is 1. The molecule has 1 saturated carbocycles. The lowest BCUT2D eigenvalue weighted by Gasteiger charge is -2.21. The van der Waals surface area contributed by atoms with E-state index >= 15 is 0 Å². The monoisotopic (exact) mass is 401 g/mol. The van der Waals surface area contributed by atoms with Crippen molar-refractivity contribution in [1.29, 1.82) is 0 Å². The van der Waals surface area contributed by atoms with Crippen LogP contribution < -0.4 is 10.2 Å². The minimum Gasteiger partial charge on any atom is -0.353 e. The highest BCUT2D eigenvalue weighted by atomic mass is 35.5. The van der Waals surface area contributed by atoms with Crippen molar-refractivity contribution in [3.8, 4) is 0 Å². The second kappa shape index (κ2) is 6.66. The molecular weight excluding hydrogens is 385 g/mol. The third-order valence-electron chi connectivity index (χ3n) is 5.68. The van der Waals surface area contributed by atoms with Crippen LogP contribution in [0.2, 0.25) is 5.28 Å². The SMILES string of the molecule is O=C(NCCC1C2CN(c3nc(Cl)ncc3F)CC12)c1cnc2[nH]ncc2c1. The fourth-order valence-corrected chi connectivity index (χ4v) is 4.35. The standard InChI is InChI=1S/C18H17ClFN7O/c19-18-23-6-14(20)16(25-18)27-7-12-11(13(12)8-27)1-2-21-17(28)10-3-9-5-24-26-15(9)22-4-10/h3-6,11-13H,1-2,7-8H2,(H,21,28)(H,22,24,26). The van der Waals surface area contributed by atoms with Crippen LogP contribution in [0, 0.1) is 23.6 Å². The van der Waals surface area contributed by atoms with Crippen LogP contribution in [0.4, 0.5) is 10.2 Å². The maximum absolute atomic E-state index is 13.9. The van der Waals surface area contributed by atoms with Crippen LogP contribution in [-0.2, 0) is 0 Å². The summed E-state index contributed by atoms with van der Waals surface area (Å²) in [5.41, 5.74) is 1.18. The van der Waals surface area contributed by atoms with Crippen LogP contribution in [0.3, 0.4) is 0 Å². The molecule has 2 N–H and O–H groups in total. The van der Waals surface area contributed by atoms with E-state index in [-0.39, 0.29) is 17.0 Å². The van der Waals surface area contributed by atoms with Crippen LogP contribution in [0.25, 0.3) is 11.0 Å². The Bertz CT molecular complexity index is 1050. The number of piperidine rings is 1. The number of carbonyl (C=O) groups is 1. The van der Waals surface area contributed by atoms with Crippen LogP contribution in [-0.4, -0.2) is 50.7 Å². The smallest absolute Gasteiger partial charge is 0.252 e. The van der Waals surface area contributed by atoms with Gasteiger partial charge in [-0.1, -0.05) is 0 Å². The fourth-order valence-electron chi connectivity index (χ4n) is 4.22. The van der Waals surface area contributed by atoms with Gasteiger partial charge in [0.15, 0.2) is 17.3 Å². The van der Waals surface area contributed by atoms with E-state index in [4.69, 9.17) is 11.6 Å². The van der Waals surface area contributed by atoms with Gasteiger partial charge in [0.05, 0.1) is 18.0 Å². The van der Waals surface area contributed by atoms with Gasteiger partial charge in [0.1, 0.15) is 0 Å². The van der Waals surface area contributed by atoms with E-state index in [9.17, 15) is 9.18 Å². The topological polar surface area (TPSA) is 99.7 Å². The molecule has 3 aromatic heterocycles. The predicted molar refractivity (Wildman–Crippen MR) is 101 cm³/mol. The fraction of sp³-hybridized carbons (Fsp3) is 0.389. The number of nitrogens with one attached hydrogen (secondary N) is 2. The highest BCUT2D eigenvalue weighted by Crippen LogP contribution is 2.54. The van der Waals surface area contributed by atoms with Gasteiger partial charge >= 0.3 is 0 Å². The zero-order chi connectivity index (χ0) is 19.3. The summed E-state index contributed by atoms with van der Waals surface area (Å²) < 4.78 is 13.9. The zero-order valence-electron chi connectivity index (χ0n) is 14.8. The second-order valence-corrected chi connectivity index (χ2v) is 7.62. The molecule has 2 fully saturated rings. The number of nitrogens with zero attached hydrogens (tertiary/aromatic N) is 5. The molecule has 1 aliphatic carbocycles. The molecule has 8 nitrogen and oxygen atoms in total. The maximum atomic E-state index is 13.9. The van der Waals surface area contributed by atoms with Crippen LogP contribution >= 0.6 is 11.6 Å². The Hall–Kier alpha value is -2.81. The summed E-state index contributed by atoms with van der Waals surface area (Å²) >= 11 is 5.78. The van der Waals surface area contributed by atoms with Gasteiger partial charge < -0.3 is 10.2 Å². The van der Waals surface area contributed by atoms with E-state index in [0.29, 0.717) is 35.5 Å². The van der Waals surface area contributed by atoms with E-state index in [2.05, 4.69) is 30.5 Å². The van der Waals surface area contributed by atoms with Crippen molar-refractivity contribution in [2.24, 2.45) is 17.8 Å². The molecule has 10 heteroatoms. The Kier molecular flexibility index (Phi) is 4.12. The van der Waals surface area contributed by atoms with Crippen molar-refractivity contribution >= 4 is 34.4 Å². The number of hydrogen-bond donors (Lipinski definition) is 2. The minimum absolute atomic E-state index is 0.0549. The second-order valence-electron chi connectivity index (χ2n) is 7.28. The molecule has 1 amide bonds. The van der Waals surface area contributed by atoms with E-state index in [1.165, 1.54) is 0 Å². The van der Waals surface area contributed by atoms with E-state index < -0.39 is 5.82 Å². The third kappa shape index (κ3) is 3.05. The Morgan fingerprint density at radius 3 is 2.93 bits per heavy atom. The van der Waals surface area contributed by atoms with E-state index in [1.54, 1.807) is 18.5 Å². The number of aromatic amines is 1. The molecule has 2 atom stereocenters. The molecule has 2 aliphatic rings. The summed E-state index contributed by atoms with van der Waals surface area (Å²) in [6, 6.07) is 1.77. The molecule has 0 aromatic carbocycles. The molecule has 1 saturated heterocycles. The lowest BCUT2D eigenvalue weighted by molar-refractivity contribution is 0.0952. The number of rotatable bonds is 5. The van der Waals surface area contributed by atoms with Crippen molar-refractivity contribution in [3.05, 3.63) is 41.3 Å². The van der Waals surface area contributed by atoms with Gasteiger partial charge in [-0.05, 0) is 41.8 Å². The number of anilines is 1. The highest BCUT2D eigenvalue weighted by molar-refractivity contribution is 6.28. The molecule has 144 valence electrons. The molecule has 1 aliphatic heterocycles. The number of H-pyrrole nitrogens is 1. The lowest BCUT2D eigenvalue weighted by Crippen LogP contribution is -2.28.